The molecular formula is C16H17Cl2NO3S. The zero-order valence-corrected chi connectivity index (χ0v) is 14.8. The molecule has 1 atom stereocenters. The predicted molar refractivity (Wildman–Crippen MR) is 95.4 cm³/mol. The van der Waals surface area contributed by atoms with E-state index in [1.54, 1.807) is 36.0 Å². The summed E-state index contributed by atoms with van der Waals surface area (Å²) in [6.45, 7) is 0.344. The molecule has 1 aromatic heterocycles. The van der Waals surface area contributed by atoms with Gasteiger partial charge in [0.25, 0.3) is 0 Å². The second kappa shape index (κ2) is 8.64. The number of thioether (sulfide) groups is 1. The van der Waals surface area contributed by atoms with Gasteiger partial charge in [-0.2, -0.15) is 11.8 Å². The van der Waals surface area contributed by atoms with E-state index in [4.69, 9.17) is 27.6 Å². The quantitative estimate of drug-likeness (QED) is 0.710. The van der Waals surface area contributed by atoms with Crippen molar-refractivity contribution in [1.82, 2.24) is 5.32 Å². The van der Waals surface area contributed by atoms with E-state index < -0.39 is 12.0 Å². The van der Waals surface area contributed by atoms with Crippen molar-refractivity contribution in [3.05, 3.63) is 46.1 Å². The monoisotopic (exact) mass is 373 g/mol. The van der Waals surface area contributed by atoms with Crippen molar-refractivity contribution in [2.24, 2.45) is 0 Å². The highest BCUT2D eigenvalue weighted by Gasteiger charge is 2.17. The first-order valence-electron chi connectivity index (χ1n) is 7.00. The number of nitrogens with one attached hydrogen (secondary N) is 1. The van der Waals surface area contributed by atoms with Crippen molar-refractivity contribution in [2.75, 3.05) is 12.0 Å². The highest BCUT2D eigenvalue weighted by molar-refractivity contribution is 7.98. The molecule has 0 aliphatic carbocycles. The Bertz CT molecular complexity index is 675. The van der Waals surface area contributed by atoms with Gasteiger partial charge in [-0.05, 0) is 48.8 Å². The lowest BCUT2D eigenvalue weighted by Crippen LogP contribution is -2.36. The summed E-state index contributed by atoms with van der Waals surface area (Å²) in [5.41, 5.74) is 0.750. The molecular weight excluding hydrogens is 357 g/mol. The SMILES string of the molecule is CSCCC(NCc1ccc(-c2ccc(Cl)cc2Cl)o1)C(=O)O. The Morgan fingerprint density at radius 1 is 1.35 bits per heavy atom. The van der Waals surface area contributed by atoms with Crippen molar-refractivity contribution in [1.29, 1.82) is 0 Å². The van der Waals surface area contributed by atoms with Gasteiger partial charge in [0.2, 0.25) is 0 Å². The highest BCUT2D eigenvalue weighted by atomic mass is 35.5. The van der Waals surface area contributed by atoms with Crippen LogP contribution >= 0.6 is 35.0 Å². The van der Waals surface area contributed by atoms with Crippen molar-refractivity contribution in [3.63, 3.8) is 0 Å². The van der Waals surface area contributed by atoms with E-state index in [1.807, 2.05) is 12.3 Å². The minimum atomic E-state index is -0.855. The van der Waals surface area contributed by atoms with Crippen LogP contribution in [0, 0.1) is 0 Å². The van der Waals surface area contributed by atoms with Gasteiger partial charge in [-0.25, -0.2) is 0 Å². The average Bonchev–Trinajstić information content (AvgIpc) is 2.95. The summed E-state index contributed by atoms with van der Waals surface area (Å²) >= 11 is 13.7. The van der Waals surface area contributed by atoms with E-state index in [9.17, 15) is 9.90 Å². The molecule has 2 N–H and O–H groups in total. The zero-order chi connectivity index (χ0) is 16.8. The summed E-state index contributed by atoms with van der Waals surface area (Å²) in [4.78, 5) is 11.2. The fourth-order valence-corrected chi connectivity index (χ4v) is 3.05. The van der Waals surface area contributed by atoms with E-state index >= 15 is 0 Å². The van der Waals surface area contributed by atoms with Crippen LogP contribution in [0.4, 0.5) is 0 Å². The first-order chi connectivity index (χ1) is 11.0. The van der Waals surface area contributed by atoms with Crippen LogP contribution in [-0.4, -0.2) is 29.1 Å². The van der Waals surface area contributed by atoms with Crippen molar-refractivity contribution in [2.45, 2.75) is 19.0 Å². The van der Waals surface area contributed by atoms with Crippen LogP contribution < -0.4 is 5.32 Å². The Kier molecular flexibility index (Phi) is 6.84. The molecule has 23 heavy (non-hydrogen) atoms. The smallest absolute Gasteiger partial charge is 0.320 e. The number of aliphatic carboxylic acids is 1. The molecule has 124 valence electrons. The molecule has 0 aliphatic heterocycles. The Labute approximate surface area is 149 Å². The van der Waals surface area contributed by atoms with Crippen LogP contribution in [-0.2, 0) is 11.3 Å². The van der Waals surface area contributed by atoms with Gasteiger partial charge in [0.05, 0.1) is 11.6 Å². The highest BCUT2D eigenvalue weighted by Crippen LogP contribution is 2.31. The van der Waals surface area contributed by atoms with Crippen LogP contribution in [0.2, 0.25) is 10.0 Å². The number of halogens is 2. The third-order valence-electron chi connectivity index (χ3n) is 3.29. The minimum absolute atomic E-state index is 0.344. The topological polar surface area (TPSA) is 62.5 Å². The summed E-state index contributed by atoms with van der Waals surface area (Å²) in [7, 11) is 0. The van der Waals surface area contributed by atoms with Crippen molar-refractivity contribution < 1.29 is 14.3 Å². The molecule has 0 fully saturated rings. The Hall–Kier alpha value is -1.14. The molecule has 0 saturated heterocycles. The van der Waals surface area contributed by atoms with Gasteiger partial charge in [0, 0.05) is 10.6 Å². The summed E-state index contributed by atoms with van der Waals surface area (Å²) in [6, 6.07) is 8.22. The number of furan rings is 1. The maximum absolute atomic E-state index is 11.2. The van der Waals surface area contributed by atoms with Gasteiger partial charge < -0.3 is 9.52 Å². The number of hydrogen-bond donors (Lipinski definition) is 2. The van der Waals surface area contributed by atoms with E-state index in [2.05, 4.69) is 5.32 Å². The minimum Gasteiger partial charge on any atom is -0.480 e. The van der Waals surface area contributed by atoms with Crippen molar-refractivity contribution in [3.8, 4) is 11.3 Å². The van der Waals surface area contributed by atoms with E-state index in [1.165, 1.54) is 0 Å². The molecule has 1 aromatic carbocycles. The number of rotatable bonds is 8. The summed E-state index contributed by atoms with van der Waals surface area (Å²) < 4.78 is 5.74. The molecule has 0 saturated carbocycles. The lowest BCUT2D eigenvalue weighted by atomic mass is 10.2. The van der Waals surface area contributed by atoms with Crippen LogP contribution in [0.25, 0.3) is 11.3 Å². The second-order valence-electron chi connectivity index (χ2n) is 4.94. The maximum Gasteiger partial charge on any atom is 0.320 e. The predicted octanol–water partition coefficient (Wildman–Crippen LogP) is 4.55. The van der Waals surface area contributed by atoms with E-state index in [-0.39, 0.29) is 0 Å². The Balaban J connectivity index is 2.03. The Morgan fingerprint density at radius 2 is 2.13 bits per heavy atom. The molecule has 0 spiro atoms. The number of carboxylic acids is 1. The van der Waals surface area contributed by atoms with Gasteiger partial charge in [-0.15, -0.1) is 0 Å². The van der Waals surface area contributed by atoms with Crippen LogP contribution in [0.15, 0.2) is 34.7 Å². The normalized spacial score (nSPS) is 12.3. The van der Waals surface area contributed by atoms with E-state index in [0.29, 0.717) is 34.5 Å². The zero-order valence-electron chi connectivity index (χ0n) is 12.5. The second-order valence-corrected chi connectivity index (χ2v) is 6.77. The van der Waals surface area contributed by atoms with Gasteiger partial charge in [0.1, 0.15) is 17.6 Å². The van der Waals surface area contributed by atoms with Crippen LogP contribution in [0.3, 0.4) is 0 Å². The lowest BCUT2D eigenvalue weighted by Gasteiger charge is -2.12. The standard InChI is InChI=1S/C16H17Cl2NO3S/c1-23-7-6-14(16(20)21)19-9-11-3-5-15(22-11)12-4-2-10(17)8-13(12)18/h2-5,8,14,19H,6-7,9H2,1H3,(H,20,21). The fourth-order valence-electron chi connectivity index (χ4n) is 2.08. The summed E-state index contributed by atoms with van der Waals surface area (Å²) in [6.07, 6.45) is 2.51. The van der Waals surface area contributed by atoms with Crippen LogP contribution in [0.1, 0.15) is 12.2 Å². The van der Waals surface area contributed by atoms with Crippen LogP contribution in [0.5, 0.6) is 0 Å². The lowest BCUT2D eigenvalue weighted by molar-refractivity contribution is -0.139. The molecule has 0 aliphatic rings. The average molecular weight is 374 g/mol. The Morgan fingerprint density at radius 3 is 2.78 bits per heavy atom. The molecule has 1 heterocycles. The molecule has 0 amide bonds. The van der Waals surface area contributed by atoms with Gasteiger partial charge in [0.15, 0.2) is 0 Å². The number of benzene rings is 1. The van der Waals surface area contributed by atoms with Gasteiger partial charge in [-0.1, -0.05) is 23.2 Å². The maximum atomic E-state index is 11.2. The first-order valence-corrected chi connectivity index (χ1v) is 9.15. The fraction of sp³-hybridized carbons (Fsp3) is 0.312. The molecule has 4 nitrogen and oxygen atoms in total. The third kappa shape index (κ3) is 5.18. The molecule has 7 heteroatoms. The largest absolute Gasteiger partial charge is 0.480 e. The summed E-state index contributed by atoms with van der Waals surface area (Å²) in [5.74, 6) is 1.21. The van der Waals surface area contributed by atoms with E-state index in [0.717, 1.165) is 11.3 Å². The number of hydrogen-bond acceptors (Lipinski definition) is 4. The van der Waals surface area contributed by atoms with Crippen molar-refractivity contribution >= 4 is 40.9 Å². The number of carbonyl (C=O) groups is 1. The first kappa shape index (κ1) is 18.2. The number of carboxylic acid groups (broad SMARTS) is 1. The summed E-state index contributed by atoms with van der Waals surface area (Å²) in [5, 5.41) is 13.3. The molecule has 0 bridgehead atoms. The molecule has 1 unspecified atom stereocenters. The molecule has 0 radical (unpaired) electrons. The third-order valence-corrected chi connectivity index (χ3v) is 4.48. The van der Waals surface area contributed by atoms with Gasteiger partial charge in [-0.3, -0.25) is 10.1 Å². The molecule has 2 aromatic rings. The molecule has 2 rings (SSSR count). The van der Waals surface area contributed by atoms with Gasteiger partial charge >= 0.3 is 5.97 Å².